The molecule has 1 amide bonds. The van der Waals surface area contributed by atoms with Crippen LogP contribution in [0, 0.1) is 6.92 Å². The van der Waals surface area contributed by atoms with Gasteiger partial charge in [0.15, 0.2) is 0 Å². The number of hydrogen-bond donors (Lipinski definition) is 1. The fourth-order valence-corrected chi connectivity index (χ4v) is 3.95. The summed E-state index contributed by atoms with van der Waals surface area (Å²) in [5, 5.41) is 3.33. The quantitative estimate of drug-likeness (QED) is 0.586. The molecular weight excluding hydrogens is 458 g/mol. The molecular formula is C23H24BrN5O2. The molecule has 4 rings (SSSR count). The van der Waals surface area contributed by atoms with Crippen molar-refractivity contribution in [2.45, 2.75) is 6.92 Å². The van der Waals surface area contributed by atoms with Gasteiger partial charge in [-0.05, 0) is 59.3 Å². The predicted octanol–water partition coefficient (Wildman–Crippen LogP) is 4.26. The van der Waals surface area contributed by atoms with Crippen molar-refractivity contribution in [2.75, 3.05) is 43.5 Å². The standard InChI is InChI=1S/C23H24BrN5O2/c1-16-15-21(26-17-7-9-18(31-2)10-8-17)27-23(25-16)29-13-11-28(12-14-29)22(30)19-5-3-4-6-20(19)24/h3-10,15H,11-14H2,1-2H3,(H,25,26,27). The third-order valence-electron chi connectivity index (χ3n) is 5.16. The van der Waals surface area contributed by atoms with Crippen LogP contribution in [0.1, 0.15) is 16.1 Å². The number of methoxy groups -OCH3 is 1. The summed E-state index contributed by atoms with van der Waals surface area (Å²) in [5.74, 6) is 2.25. The van der Waals surface area contributed by atoms with E-state index >= 15 is 0 Å². The van der Waals surface area contributed by atoms with Crippen molar-refractivity contribution >= 4 is 39.3 Å². The topological polar surface area (TPSA) is 70.6 Å². The van der Waals surface area contributed by atoms with Gasteiger partial charge in [-0.25, -0.2) is 4.98 Å². The van der Waals surface area contributed by atoms with Crippen LogP contribution in [0.5, 0.6) is 5.75 Å². The molecule has 0 saturated carbocycles. The zero-order valence-corrected chi connectivity index (χ0v) is 19.1. The summed E-state index contributed by atoms with van der Waals surface area (Å²) in [6, 6.07) is 17.1. The first kappa shape index (κ1) is 21.1. The van der Waals surface area contributed by atoms with E-state index in [0.29, 0.717) is 37.7 Å². The van der Waals surface area contributed by atoms with Gasteiger partial charge in [0, 0.05) is 48.1 Å². The minimum atomic E-state index is 0.0409. The zero-order valence-electron chi connectivity index (χ0n) is 17.5. The van der Waals surface area contributed by atoms with Crippen LogP contribution in [0.25, 0.3) is 0 Å². The average Bonchev–Trinajstić information content (AvgIpc) is 2.79. The Morgan fingerprint density at radius 1 is 1.03 bits per heavy atom. The van der Waals surface area contributed by atoms with Crippen molar-refractivity contribution in [3.8, 4) is 5.75 Å². The predicted molar refractivity (Wildman–Crippen MR) is 125 cm³/mol. The Morgan fingerprint density at radius 3 is 2.42 bits per heavy atom. The number of ether oxygens (including phenoxy) is 1. The Bertz CT molecular complexity index is 1070. The Hall–Kier alpha value is -3.13. The summed E-state index contributed by atoms with van der Waals surface area (Å²) in [6.07, 6.45) is 0. The van der Waals surface area contributed by atoms with E-state index in [0.717, 1.165) is 27.4 Å². The Balaban J connectivity index is 1.43. The molecule has 1 N–H and O–H groups in total. The molecule has 2 heterocycles. The monoisotopic (exact) mass is 481 g/mol. The molecule has 2 aromatic carbocycles. The first-order valence-electron chi connectivity index (χ1n) is 10.1. The summed E-state index contributed by atoms with van der Waals surface area (Å²) in [6.45, 7) is 4.57. The number of amides is 1. The lowest BCUT2D eigenvalue weighted by atomic mass is 10.2. The highest BCUT2D eigenvalue weighted by Crippen LogP contribution is 2.23. The van der Waals surface area contributed by atoms with E-state index in [1.165, 1.54) is 0 Å². The van der Waals surface area contributed by atoms with Crippen molar-refractivity contribution in [3.05, 3.63) is 70.3 Å². The molecule has 0 spiro atoms. The molecule has 0 radical (unpaired) electrons. The van der Waals surface area contributed by atoms with E-state index in [1.807, 2.05) is 66.4 Å². The molecule has 1 aliphatic rings. The number of nitrogens with one attached hydrogen (secondary N) is 1. The summed E-state index contributed by atoms with van der Waals surface area (Å²) < 4.78 is 6.02. The molecule has 0 unspecified atom stereocenters. The lowest BCUT2D eigenvalue weighted by molar-refractivity contribution is 0.0745. The molecule has 1 aromatic heterocycles. The molecule has 0 atom stereocenters. The van der Waals surface area contributed by atoms with Gasteiger partial charge in [-0.1, -0.05) is 12.1 Å². The normalized spacial score (nSPS) is 13.8. The van der Waals surface area contributed by atoms with Crippen LogP contribution in [-0.4, -0.2) is 54.1 Å². The maximum atomic E-state index is 12.8. The van der Waals surface area contributed by atoms with Crippen LogP contribution < -0.4 is 15.0 Å². The molecule has 1 saturated heterocycles. The van der Waals surface area contributed by atoms with E-state index < -0.39 is 0 Å². The van der Waals surface area contributed by atoms with E-state index in [-0.39, 0.29) is 5.91 Å². The number of hydrogen-bond acceptors (Lipinski definition) is 6. The number of carbonyl (C=O) groups excluding carboxylic acids is 1. The third-order valence-corrected chi connectivity index (χ3v) is 5.85. The van der Waals surface area contributed by atoms with Gasteiger partial charge in [-0.3, -0.25) is 4.79 Å². The summed E-state index contributed by atoms with van der Waals surface area (Å²) >= 11 is 3.47. The fraction of sp³-hybridized carbons (Fsp3) is 0.261. The Labute approximate surface area is 190 Å². The van der Waals surface area contributed by atoms with Gasteiger partial charge in [-0.15, -0.1) is 0 Å². The Morgan fingerprint density at radius 2 is 1.74 bits per heavy atom. The van der Waals surface area contributed by atoms with Crippen molar-refractivity contribution in [2.24, 2.45) is 0 Å². The number of aromatic nitrogens is 2. The molecule has 7 nitrogen and oxygen atoms in total. The molecule has 160 valence electrons. The SMILES string of the molecule is COc1ccc(Nc2cc(C)nc(N3CCN(C(=O)c4ccccc4Br)CC3)n2)cc1. The molecule has 31 heavy (non-hydrogen) atoms. The number of aryl methyl sites for hydroxylation is 1. The van der Waals surface area contributed by atoms with E-state index in [2.05, 4.69) is 31.1 Å². The largest absolute Gasteiger partial charge is 0.497 e. The van der Waals surface area contributed by atoms with Gasteiger partial charge in [0.25, 0.3) is 5.91 Å². The second kappa shape index (κ2) is 9.34. The van der Waals surface area contributed by atoms with Crippen LogP contribution in [0.4, 0.5) is 17.5 Å². The highest BCUT2D eigenvalue weighted by Gasteiger charge is 2.24. The number of piperazine rings is 1. The van der Waals surface area contributed by atoms with Crippen LogP contribution in [0.2, 0.25) is 0 Å². The van der Waals surface area contributed by atoms with Gasteiger partial charge in [-0.2, -0.15) is 4.98 Å². The lowest BCUT2D eigenvalue weighted by Gasteiger charge is -2.35. The molecule has 1 fully saturated rings. The van der Waals surface area contributed by atoms with Gasteiger partial charge in [0.2, 0.25) is 5.95 Å². The summed E-state index contributed by atoms with van der Waals surface area (Å²) in [4.78, 5) is 26.2. The second-order valence-corrected chi connectivity index (χ2v) is 8.16. The number of benzene rings is 2. The van der Waals surface area contributed by atoms with Crippen molar-refractivity contribution in [1.82, 2.24) is 14.9 Å². The van der Waals surface area contributed by atoms with Gasteiger partial charge >= 0.3 is 0 Å². The van der Waals surface area contributed by atoms with Crippen molar-refractivity contribution in [3.63, 3.8) is 0 Å². The summed E-state index contributed by atoms with van der Waals surface area (Å²) in [5.41, 5.74) is 2.50. The lowest BCUT2D eigenvalue weighted by Crippen LogP contribution is -2.49. The first-order chi connectivity index (χ1) is 15.0. The van der Waals surface area contributed by atoms with Gasteiger partial charge in [0.05, 0.1) is 12.7 Å². The van der Waals surface area contributed by atoms with Crippen LogP contribution in [-0.2, 0) is 0 Å². The molecule has 0 aliphatic carbocycles. The Kier molecular flexibility index (Phi) is 6.36. The number of rotatable bonds is 5. The summed E-state index contributed by atoms with van der Waals surface area (Å²) in [7, 11) is 1.65. The number of nitrogens with zero attached hydrogens (tertiary/aromatic N) is 4. The van der Waals surface area contributed by atoms with Crippen molar-refractivity contribution < 1.29 is 9.53 Å². The third kappa shape index (κ3) is 4.96. The zero-order chi connectivity index (χ0) is 21.8. The molecule has 3 aromatic rings. The minimum Gasteiger partial charge on any atom is -0.497 e. The van der Waals surface area contributed by atoms with Crippen LogP contribution in [0.3, 0.4) is 0 Å². The van der Waals surface area contributed by atoms with E-state index in [1.54, 1.807) is 7.11 Å². The van der Waals surface area contributed by atoms with E-state index in [4.69, 9.17) is 9.72 Å². The second-order valence-electron chi connectivity index (χ2n) is 7.31. The maximum absolute atomic E-state index is 12.8. The average molecular weight is 482 g/mol. The van der Waals surface area contributed by atoms with Gasteiger partial charge < -0.3 is 19.9 Å². The van der Waals surface area contributed by atoms with Gasteiger partial charge in [0.1, 0.15) is 11.6 Å². The molecule has 1 aliphatic heterocycles. The van der Waals surface area contributed by atoms with Crippen LogP contribution in [0.15, 0.2) is 59.1 Å². The molecule has 8 heteroatoms. The maximum Gasteiger partial charge on any atom is 0.255 e. The fourth-order valence-electron chi connectivity index (χ4n) is 3.50. The van der Waals surface area contributed by atoms with Crippen molar-refractivity contribution in [1.29, 1.82) is 0 Å². The van der Waals surface area contributed by atoms with Crippen LogP contribution >= 0.6 is 15.9 Å². The highest BCUT2D eigenvalue weighted by atomic mass is 79.9. The van der Waals surface area contributed by atoms with E-state index in [9.17, 15) is 4.79 Å². The highest BCUT2D eigenvalue weighted by molar-refractivity contribution is 9.10. The number of anilines is 3. The first-order valence-corrected chi connectivity index (χ1v) is 10.9. The number of carbonyl (C=O) groups is 1. The number of halogens is 1. The molecule has 0 bridgehead atoms. The smallest absolute Gasteiger partial charge is 0.255 e. The minimum absolute atomic E-state index is 0.0409.